The van der Waals surface area contributed by atoms with Crippen LogP contribution in [-0.4, -0.2) is 31.5 Å². The molecule has 0 aliphatic carbocycles. The van der Waals surface area contributed by atoms with E-state index in [-0.39, 0.29) is 12.5 Å². The smallest absolute Gasteiger partial charge is 0.224 e. The number of ether oxygens (including phenoxy) is 2. The number of aromatic nitrogens is 5. The monoisotopic (exact) mass is 480 g/mol. The van der Waals surface area contributed by atoms with Crippen molar-refractivity contribution in [1.29, 1.82) is 0 Å². The minimum Gasteiger partial charge on any atom is -0.489 e. The second kappa shape index (κ2) is 10.6. The Morgan fingerprint density at radius 3 is 2.28 bits per heavy atom. The number of para-hydroxylation sites is 1. The molecule has 0 unspecified atom stereocenters. The van der Waals surface area contributed by atoms with Crippen molar-refractivity contribution in [3.63, 3.8) is 0 Å². The van der Waals surface area contributed by atoms with Gasteiger partial charge in [0, 0.05) is 18.0 Å². The number of amides is 1. The normalized spacial score (nSPS) is 10.8. The van der Waals surface area contributed by atoms with Crippen molar-refractivity contribution in [1.82, 2.24) is 25.6 Å². The average Bonchev–Trinajstić information content (AvgIpc) is 3.43. The van der Waals surface area contributed by atoms with E-state index in [9.17, 15) is 4.79 Å². The number of hydrogen-bond donors (Lipinski definition) is 1. The van der Waals surface area contributed by atoms with E-state index in [1.807, 2.05) is 78.9 Å². The highest BCUT2D eigenvalue weighted by Crippen LogP contribution is 2.22. The number of tetrazole rings is 1. The van der Waals surface area contributed by atoms with Gasteiger partial charge in [-0.3, -0.25) is 4.79 Å². The summed E-state index contributed by atoms with van der Waals surface area (Å²) >= 11 is 0. The molecule has 1 N–H and O–H groups in total. The summed E-state index contributed by atoms with van der Waals surface area (Å²) < 4.78 is 11.8. The molecule has 0 spiro atoms. The third-order valence-electron chi connectivity index (χ3n) is 5.60. The Kier molecular flexibility index (Phi) is 6.79. The van der Waals surface area contributed by atoms with Crippen molar-refractivity contribution >= 4 is 22.5 Å². The van der Waals surface area contributed by atoms with Crippen molar-refractivity contribution in [2.75, 3.05) is 4.90 Å². The van der Waals surface area contributed by atoms with E-state index in [1.54, 1.807) is 4.90 Å². The molecule has 9 heteroatoms. The highest BCUT2D eigenvalue weighted by Gasteiger charge is 2.14. The number of pyridine rings is 1. The van der Waals surface area contributed by atoms with Crippen LogP contribution in [0.3, 0.4) is 0 Å². The van der Waals surface area contributed by atoms with Crippen LogP contribution in [0.5, 0.6) is 11.5 Å². The fourth-order valence-corrected chi connectivity index (χ4v) is 3.70. The maximum atomic E-state index is 12.1. The van der Waals surface area contributed by atoms with E-state index < -0.39 is 0 Å². The number of hydrogen-bond acceptors (Lipinski definition) is 7. The third kappa shape index (κ3) is 5.64. The minimum absolute atomic E-state index is 0.103. The first-order chi connectivity index (χ1) is 17.6. The Morgan fingerprint density at radius 1 is 0.861 bits per heavy atom. The van der Waals surface area contributed by atoms with Gasteiger partial charge >= 0.3 is 0 Å². The van der Waals surface area contributed by atoms with Crippen LogP contribution in [0, 0.1) is 0 Å². The summed E-state index contributed by atoms with van der Waals surface area (Å²) in [5, 5.41) is 14.7. The van der Waals surface area contributed by atoms with Gasteiger partial charge in [0.1, 0.15) is 24.7 Å². The van der Waals surface area contributed by atoms with Gasteiger partial charge in [0.05, 0.1) is 17.8 Å². The van der Waals surface area contributed by atoms with Crippen LogP contribution in [0.1, 0.15) is 24.0 Å². The molecule has 9 nitrogen and oxygen atoms in total. The maximum absolute atomic E-state index is 12.1. The van der Waals surface area contributed by atoms with E-state index in [2.05, 4.69) is 31.7 Å². The molecule has 180 valence electrons. The maximum Gasteiger partial charge on any atom is 0.224 e. The van der Waals surface area contributed by atoms with Crippen molar-refractivity contribution in [3.05, 3.63) is 102 Å². The predicted octanol–water partition coefficient (Wildman–Crippen LogP) is 4.46. The molecule has 0 fully saturated rings. The highest BCUT2D eigenvalue weighted by atomic mass is 16.5. The molecule has 0 atom stereocenters. The first-order valence-corrected chi connectivity index (χ1v) is 11.4. The molecule has 3 aromatic carbocycles. The Bertz CT molecular complexity index is 1440. The molecule has 0 aliphatic rings. The van der Waals surface area contributed by atoms with Crippen LogP contribution < -0.4 is 14.4 Å². The molecule has 2 heterocycles. The summed E-state index contributed by atoms with van der Waals surface area (Å²) in [4.78, 5) is 18.3. The van der Waals surface area contributed by atoms with Crippen LogP contribution >= 0.6 is 0 Å². The number of rotatable bonds is 9. The largest absolute Gasteiger partial charge is 0.489 e. The molecular weight excluding hydrogens is 456 g/mol. The number of nitrogens with zero attached hydrogens (tertiary/aromatic N) is 5. The molecule has 0 saturated carbocycles. The molecule has 1 amide bonds. The number of carbonyl (C=O) groups excluding carboxylic acids is 1. The Labute approximate surface area is 207 Å². The minimum atomic E-state index is -0.103. The number of fused-ring (bicyclic) bond motifs is 1. The molecule has 5 rings (SSSR count). The molecular formula is C27H24N6O3. The standard InChI is InChI=1S/C27H24N6O3/c1-19(34)33(16-27-29-31-32-30-27)23-10-6-20(7-11-23)17-35-24-12-14-25(15-13-24)36-18-22-9-8-21-4-2-3-5-26(21)28-22/h2-15H,16-18H2,1H3,(H,29,30,31,32). The number of aromatic amines is 1. The van der Waals surface area contributed by atoms with Crippen molar-refractivity contribution < 1.29 is 14.3 Å². The Balaban J connectivity index is 1.14. The van der Waals surface area contributed by atoms with Gasteiger partial charge < -0.3 is 14.4 Å². The first kappa shape index (κ1) is 23.0. The molecule has 36 heavy (non-hydrogen) atoms. The zero-order chi connectivity index (χ0) is 24.7. The van der Waals surface area contributed by atoms with E-state index in [1.165, 1.54) is 6.92 Å². The Morgan fingerprint density at radius 2 is 1.58 bits per heavy atom. The quantitative estimate of drug-likeness (QED) is 0.332. The van der Waals surface area contributed by atoms with Gasteiger partial charge in [-0.05, 0) is 64.5 Å². The number of H-pyrrole nitrogens is 1. The van der Waals surface area contributed by atoms with Crippen LogP contribution in [0.4, 0.5) is 5.69 Å². The van der Waals surface area contributed by atoms with E-state index in [0.29, 0.717) is 19.0 Å². The van der Waals surface area contributed by atoms with Gasteiger partial charge in [0.2, 0.25) is 5.91 Å². The average molecular weight is 481 g/mol. The van der Waals surface area contributed by atoms with Gasteiger partial charge in [-0.2, -0.15) is 0 Å². The second-order valence-corrected chi connectivity index (χ2v) is 8.16. The lowest BCUT2D eigenvalue weighted by molar-refractivity contribution is -0.116. The van der Waals surface area contributed by atoms with Crippen molar-refractivity contribution in [3.8, 4) is 11.5 Å². The Hall–Kier alpha value is -4.79. The molecule has 0 saturated heterocycles. The summed E-state index contributed by atoms with van der Waals surface area (Å²) in [6.45, 7) is 2.56. The molecule has 5 aromatic rings. The lowest BCUT2D eigenvalue weighted by atomic mass is 10.2. The zero-order valence-corrected chi connectivity index (χ0v) is 19.7. The fourth-order valence-electron chi connectivity index (χ4n) is 3.70. The number of nitrogens with one attached hydrogen (secondary N) is 1. The van der Waals surface area contributed by atoms with Gasteiger partial charge in [-0.25, -0.2) is 10.1 Å². The van der Waals surface area contributed by atoms with Crippen LogP contribution in [0.15, 0.2) is 84.9 Å². The van der Waals surface area contributed by atoms with Gasteiger partial charge in [0.25, 0.3) is 0 Å². The lowest BCUT2D eigenvalue weighted by Gasteiger charge is -2.20. The molecule has 2 aromatic heterocycles. The summed E-state index contributed by atoms with van der Waals surface area (Å²) in [5.74, 6) is 1.89. The van der Waals surface area contributed by atoms with E-state index in [4.69, 9.17) is 9.47 Å². The molecule has 0 aliphatic heterocycles. The highest BCUT2D eigenvalue weighted by molar-refractivity contribution is 5.91. The van der Waals surface area contributed by atoms with Gasteiger partial charge in [-0.1, -0.05) is 36.4 Å². The lowest BCUT2D eigenvalue weighted by Crippen LogP contribution is -2.28. The summed E-state index contributed by atoms with van der Waals surface area (Å²) in [6, 6.07) is 27.2. The van der Waals surface area contributed by atoms with Gasteiger partial charge in [0.15, 0.2) is 5.82 Å². The number of benzene rings is 3. The number of anilines is 1. The third-order valence-corrected chi connectivity index (χ3v) is 5.60. The second-order valence-electron chi connectivity index (χ2n) is 8.16. The van der Waals surface area contributed by atoms with Crippen LogP contribution in [0.25, 0.3) is 10.9 Å². The predicted molar refractivity (Wildman–Crippen MR) is 134 cm³/mol. The number of carbonyl (C=O) groups is 1. The molecule has 0 bridgehead atoms. The SMILES string of the molecule is CC(=O)N(Cc1nnn[nH]1)c1ccc(COc2ccc(OCc3ccc4ccccc4n3)cc2)cc1. The fraction of sp³-hybridized carbons (Fsp3) is 0.148. The van der Waals surface area contributed by atoms with Gasteiger partial charge in [-0.15, -0.1) is 5.10 Å². The van der Waals surface area contributed by atoms with E-state index in [0.717, 1.165) is 39.3 Å². The summed E-state index contributed by atoms with van der Waals surface area (Å²) in [6.07, 6.45) is 0. The first-order valence-electron chi connectivity index (χ1n) is 11.4. The van der Waals surface area contributed by atoms with Crippen molar-refractivity contribution in [2.45, 2.75) is 26.7 Å². The summed E-state index contributed by atoms with van der Waals surface area (Å²) in [7, 11) is 0. The van der Waals surface area contributed by atoms with Crippen LogP contribution in [0.2, 0.25) is 0 Å². The molecule has 0 radical (unpaired) electrons. The summed E-state index contributed by atoms with van der Waals surface area (Å²) in [5.41, 5.74) is 3.56. The zero-order valence-electron chi connectivity index (χ0n) is 19.7. The van der Waals surface area contributed by atoms with Crippen molar-refractivity contribution in [2.24, 2.45) is 0 Å². The topological polar surface area (TPSA) is 106 Å². The van der Waals surface area contributed by atoms with E-state index >= 15 is 0 Å². The van der Waals surface area contributed by atoms with Crippen LogP contribution in [-0.2, 0) is 24.6 Å².